The van der Waals surface area contributed by atoms with Gasteiger partial charge in [-0.3, -0.25) is 14.4 Å². The van der Waals surface area contributed by atoms with Crippen molar-refractivity contribution < 1.29 is 14.4 Å². The highest BCUT2D eigenvalue weighted by Crippen LogP contribution is 2.26. The molecule has 1 aliphatic carbocycles. The zero-order chi connectivity index (χ0) is 29.1. The monoisotopic (exact) mass is 568 g/mol. The molecule has 10 heteroatoms. The summed E-state index contributed by atoms with van der Waals surface area (Å²) < 4.78 is 7.27. The number of hydrogen-bond acceptors (Lipinski definition) is 8. The van der Waals surface area contributed by atoms with Crippen LogP contribution in [0.3, 0.4) is 0 Å². The van der Waals surface area contributed by atoms with Crippen LogP contribution in [0.4, 0.5) is 11.6 Å². The number of likely N-dealkylation sites (N-methyl/N-ethyl adjacent to an activating group) is 1. The molecule has 0 spiro atoms. The number of nitrogens with zero attached hydrogens (tertiary/aromatic N) is 4. The molecule has 42 heavy (non-hydrogen) atoms. The predicted molar refractivity (Wildman–Crippen MR) is 162 cm³/mol. The lowest BCUT2D eigenvalue weighted by atomic mass is 10.1. The van der Waals surface area contributed by atoms with Crippen LogP contribution >= 0.6 is 0 Å². The van der Waals surface area contributed by atoms with Gasteiger partial charge >= 0.3 is 0 Å². The third-order valence-electron chi connectivity index (χ3n) is 8.32. The summed E-state index contributed by atoms with van der Waals surface area (Å²) >= 11 is 0. The number of fused-ring (bicyclic) bond motifs is 2. The Kier molecular flexibility index (Phi) is 8.27. The summed E-state index contributed by atoms with van der Waals surface area (Å²) in [6.45, 7) is 2.69. The molecule has 0 saturated carbocycles. The molecule has 0 bridgehead atoms. The summed E-state index contributed by atoms with van der Waals surface area (Å²) in [5.74, 6) is -0.265. The van der Waals surface area contributed by atoms with Crippen LogP contribution in [-0.4, -0.2) is 65.3 Å². The van der Waals surface area contributed by atoms with Crippen molar-refractivity contribution in [1.29, 1.82) is 0 Å². The number of carbonyl (C=O) groups excluding carboxylic acids is 1. The van der Waals surface area contributed by atoms with Crippen LogP contribution in [0.1, 0.15) is 46.3 Å². The maximum absolute atomic E-state index is 13.3. The normalized spacial score (nSPS) is 15.2. The Balaban J connectivity index is 1.26. The van der Waals surface area contributed by atoms with Crippen molar-refractivity contribution in [1.82, 2.24) is 24.9 Å². The molecule has 1 saturated heterocycles. The Bertz CT molecular complexity index is 1650. The van der Waals surface area contributed by atoms with Crippen molar-refractivity contribution in [3.63, 3.8) is 0 Å². The topological polar surface area (TPSA) is 111 Å². The molecule has 6 rings (SSSR count). The van der Waals surface area contributed by atoms with Gasteiger partial charge in [0.15, 0.2) is 5.65 Å². The number of anilines is 2. The first-order valence-electron chi connectivity index (χ1n) is 14.5. The van der Waals surface area contributed by atoms with Crippen LogP contribution < -0.4 is 16.2 Å². The van der Waals surface area contributed by atoms with E-state index in [0.717, 1.165) is 69.7 Å². The lowest BCUT2D eigenvalue weighted by molar-refractivity contribution is 0.0434. The molecular formula is C32H36N6O4. The van der Waals surface area contributed by atoms with E-state index in [1.807, 2.05) is 18.2 Å². The fourth-order valence-corrected chi connectivity index (χ4v) is 5.88. The van der Waals surface area contributed by atoms with Gasteiger partial charge in [0.1, 0.15) is 5.56 Å². The van der Waals surface area contributed by atoms with Crippen molar-refractivity contribution in [3.05, 3.63) is 87.3 Å². The number of hydroxylamine groups is 1. The van der Waals surface area contributed by atoms with Crippen LogP contribution in [0.5, 0.6) is 0 Å². The summed E-state index contributed by atoms with van der Waals surface area (Å²) in [6.07, 6.45) is 9.32. The zero-order valence-corrected chi connectivity index (χ0v) is 24.1. The van der Waals surface area contributed by atoms with Gasteiger partial charge in [0, 0.05) is 49.6 Å². The molecule has 2 aromatic heterocycles. The second-order valence-corrected chi connectivity index (χ2v) is 11.0. The Hall–Kier alpha value is -4.12. The minimum absolute atomic E-state index is 0.0489. The smallest absolute Gasteiger partial charge is 0.280 e. The molecule has 0 atom stereocenters. The largest absolute Gasteiger partial charge is 0.381 e. The van der Waals surface area contributed by atoms with Gasteiger partial charge in [0.25, 0.3) is 5.91 Å². The van der Waals surface area contributed by atoms with Crippen molar-refractivity contribution in [2.75, 3.05) is 39.2 Å². The van der Waals surface area contributed by atoms with E-state index in [1.165, 1.54) is 36.2 Å². The fraction of sp³-hybridized carbons (Fsp3) is 0.375. The third kappa shape index (κ3) is 5.92. The van der Waals surface area contributed by atoms with E-state index in [-0.39, 0.29) is 10.9 Å². The highest BCUT2D eigenvalue weighted by Gasteiger charge is 2.20. The summed E-state index contributed by atoms with van der Waals surface area (Å²) in [6, 6.07) is 15.1. The lowest BCUT2D eigenvalue weighted by Crippen LogP contribution is -2.37. The minimum atomic E-state index is -0.624. The fourth-order valence-electron chi connectivity index (χ4n) is 5.88. The van der Waals surface area contributed by atoms with Crippen LogP contribution in [-0.2, 0) is 28.8 Å². The highest BCUT2D eigenvalue weighted by atomic mass is 16.6. The molecule has 10 nitrogen and oxygen atoms in total. The minimum Gasteiger partial charge on any atom is -0.381 e. The van der Waals surface area contributed by atoms with Gasteiger partial charge < -0.3 is 19.5 Å². The second kappa shape index (κ2) is 12.4. The van der Waals surface area contributed by atoms with Gasteiger partial charge in [-0.2, -0.15) is 4.98 Å². The number of hydrogen-bond donors (Lipinski definition) is 2. The number of ether oxygens (including phenoxy) is 1. The Morgan fingerprint density at radius 3 is 2.69 bits per heavy atom. The van der Waals surface area contributed by atoms with Crippen molar-refractivity contribution in [3.8, 4) is 5.69 Å². The summed E-state index contributed by atoms with van der Waals surface area (Å²) in [5, 5.41) is 3.52. The van der Waals surface area contributed by atoms with Gasteiger partial charge in [-0.1, -0.05) is 18.2 Å². The predicted octanol–water partition coefficient (Wildman–Crippen LogP) is 3.96. The standard InChI is InChI=1S/C32H36N6O4/c1-37(25-13-16-42-17-14-25)15-12-21-6-9-24(10-7-21)34-32-33-19-27-29(39)28(31(40)36-41-2)20-38(30(27)35-32)26-11-8-22-4-3-5-23(22)18-26/h6-11,18-20,25H,3-5,12-17H2,1-2H3,(H,36,40)(H,33,34,35). The number of nitrogens with one attached hydrogen (secondary N) is 2. The lowest BCUT2D eigenvalue weighted by Gasteiger charge is -2.31. The molecule has 2 aliphatic rings. The Morgan fingerprint density at radius 2 is 1.90 bits per heavy atom. The maximum atomic E-state index is 13.3. The van der Waals surface area contributed by atoms with E-state index >= 15 is 0 Å². The average molecular weight is 569 g/mol. The highest BCUT2D eigenvalue weighted by molar-refractivity contribution is 5.96. The molecule has 3 heterocycles. The first-order valence-corrected chi connectivity index (χ1v) is 14.5. The summed E-state index contributed by atoms with van der Waals surface area (Å²) in [5.41, 5.74) is 7.69. The number of amides is 1. The Morgan fingerprint density at radius 1 is 1.12 bits per heavy atom. The van der Waals surface area contributed by atoms with Gasteiger partial charge in [-0.05, 0) is 86.5 Å². The Labute approximate surface area is 244 Å². The van der Waals surface area contributed by atoms with E-state index < -0.39 is 11.3 Å². The van der Waals surface area contributed by atoms with E-state index in [0.29, 0.717) is 17.6 Å². The van der Waals surface area contributed by atoms with E-state index in [4.69, 9.17) is 14.6 Å². The number of aryl methyl sites for hydroxylation is 2. The third-order valence-corrected chi connectivity index (χ3v) is 8.32. The van der Waals surface area contributed by atoms with E-state index in [1.54, 1.807) is 4.57 Å². The van der Waals surface area contributed by atoms with Gasteiger partial charge in [0.05, 0.1) is 12.5 Å². The van der Waals surface area contributed by atoms with Crippen molar-refractivity contribution >= 4 is 28.6 Å². The molecular weight excluding hydrogens is 532 g/mol. The number of aromatic nitrogens is 3. The first-order chi connectivity index (χ1) is 20.5. The van der Waals surface area contributed by atoms with Gasteiger partial charge in [-0.15, -0.1) is 0 Å². The molecule has 0 unspecified atom stereocenters. The zero-order valence-electron chi connectivity index (χ0n) is 24.1. The van der Waals surface area contributed by atoms with E-state index in [9.17, 15) is 9.59 Å². The van der Waals surface area contributed by atoms with Crippen LogP contribution in [0, 0.1) is 0 Å². The van der Waals surface area contributed by atoms with Gasteiger partial charge in [-0.25, -0.2) is 10.5 Å². The molecule has 1 fully saturated rings. The molecule has 218 valence electrons. The number of benzene rings is 2. The summed E-state index contributed by atoms with van der Waals surface area (Å²) in [4.78, 5) is 42.3. The van der Waals surface area contributed by atoms with Crippen LogP contribution in [0.2, 0.25) is 0 Å². The molecule has 4 aromatic rings. The summed E-state index contributed by atoms with van der Waals surface area (Å²) in [7, 11) is 3.52. The molecule has 2 N–H and O–H groups in total. The van der Waals surface area contributed by atoms with Gasteiger partial charge in [0.2, 0.25) is 11.4 Å². The van der Waals surface area contributed by atoms with Crippen molar-refractivity contribution in [2.24, 2.45) is 0 Å². The second-order valence-electron chi connectivity index (χ2n) is 11.0. The molecule has 1 aliphatic heterocycles. The average Bonchev–Trinajstić information content (AvgIpc) is 3.49. The molecule has 1 amide bonds. The number of rotatable bonds is 9. The molecule has 2 aromatic carbocycles. The SMILES string of the molecule is CONC(=O)c1cn(-c2ccc3c(c2)CCC3)c2nc(Nc3ccc(CCN(C)C4CCOCC4)cc3)ncc2c1=O. The first kappa shape index (κ1) is 28.0. The quantitative estimate of drug-likeness (QED) is 0.292. The maximum Gasteiger partial charge on any atom is 0.280 e. The number of carbonyl (C=O) groups is 1. The van der Waals surface area contributed by atoms with Crippen LogP contribution in [0.15, 0.2) is 59.7 Å². The van der Waals surface area contributed by atoms with E-state index in [2.05, 4.69) is 52.0 Å². The van der Waals surface area contributed by atoms with Crippen LogP contribution in [0.25, 0.3) is 16.7 Å². The number of pyridine rings is 1. The molecule has 0 radical (unpaired) electrons. The van der Waals surface area contributed by atoms with Crippen molar-refractivity contribution in [2.45, 2.75) is 44.6 Å².